The van der Waals surface area contributed by atoms with E-state index in [2.05, 4.69) is 14.9 Å². The lowest BCUT2D eigenvalue weighted by Crippen LogP contribution is -2.22. The number of hydrogen-bond donors (Lipinski definition) is 0. The number of aromatic nitrogens is 3. The average molecular weight is 352 g/mol. The predicted octanol–water partition coefficient (Wildman–Crippen LogP) is 3.29. The van der Waals surface area contributed by atoms with Crippen LogP contribution in [0.1, 0.15) is 19.3 Å². The van der Waals surface area contributed by atoms with Crippen molar-refractivity contribution in [2.75, 3.05) is 33.4 Å². The zero-order chi connectivity index (χ0) is 17.8. The molecule has 26 heavy (non-hydrogen) atoms. The van der Waals surface area contributed by atoms with Gasteiger partial charge in [-0.1, -0.05) is 0 Å². The molecule has 1 aliphatic heterocycles. The van der Waals surface area contributed by atoms with E-state index in [-0.39, 0.29) is 0 Å². The van der Waals surface area contributed by atoms with Crippen molar-refractivity contribution < 1.29 is 9.47 Å². The van der Waals surface area contributed by atoms with Gasteiger partial charge in [-0.15, -0.1) is 0 Å². The second-order valence-electron chi connectivity index (χ2n) is 6.55. The lowest BCUT2D eigenvalue weighted by Gasteiger charge is -2.16. The Kier molecular flexibility index (Phi) is 5.02. The van der Waals surface area contributed by atoms with Crippen LogP contribution in [0.2, 0.25) is 0 Å². The fourth-order valence-electron chi connectivity index (χ4n) is 3.44. The molecule has 6 nitrogen and oxygen atoms in total. The van der Waals surface area contributed by atoms with E-state index in [9.17, 15) is 0 Å². The topological polar surface area (TPSA) is 52.4 Å². The first kappa shape index (κ1) is 16.8. The maximum absolute atomic E-state index is 6.01. The predicted molar refractivity (Wildman–Crippen MR) is 101 cm³/mol. The molecule has 1 fully saturated rings. The number of hydrogen-bond acceptors (Lipinski definition) is 5. The number of fused-ring (bicyclic) bond motifs is 1. The summed E-state index contributed by atoms with van der Waals surface area (Å²) in [5.74, 6) is 2.14. The van der Waals surface area contributed by atoms with Gasteiger partial charge in [0.25, 0.3) is 0 Å². The van der Waals surface area contributed by atoms with Gasteiger partial charge >= 0.3 is 0 Å². The monoisotopic (exact) mass is 352 g/mol. The molecule has 0 bridgehead atoms. The van der Waals surface area contributed by atoms with E-state index in [0.717, 1.165) is 35.6 Å². The van der Waals surface area contributed by atoms with E-state index >= 15 is 0 Å². The Morgan fingerprint density at radius 1 is 1.12 bits per heavy atom. The van der Waals surface area contributed by atoms with E-state index in [1.165, 1.54) is 25.9 Å². The molecule has 6 heteroatoms. The minimum absolute atomic E-state index is 0.652. The number of methoxy groups -OCH3 is 1. The fraction of sp³-hybridized carbons (Fsp3) is 0.400. The SMILES string of the molecule is COc1cnc(-n2ccc3cccnc32)cc1OCCCN1CCCC1. The van der Waals surface area contributed by atoms with Crippen LogP contribution in [0.15, 0.2) is 42.9 Å². The normalized spacial score (nSPS) is 14.8. The van der Waals surface area contributed by atoms with Gasteiger partial charge in [0.1, 0.15) is 11.5 Å². The van der Waals surface area contributed by atoms with Gasteiger partial charge in [-0.25, -0.2) is 9.97 Å². The summed E-state index contributed by atoms with van der Waals surface area (Å²) >= 11 is 0. The van der Waals surface area contributed by atoms with Gasteiger partial charge < -0.3 is 14.4 Å². The van der Waals surface area contributed by atoms with Gasteiger partial charge in [0, 0.05) is 30.4 Å². The van der Waals surface area contributed by atoms with Crippen LogP contribution in [0.3, 0.4) is 0 Å². The highest BCUT2D eigenvalue weighted by molar-refractivity contribution is 5.77. The largest absolute Gasteiger partial charge is 0.491 e. The summed E-state index contributed by atoms with van der Waals surface area (Å²) < 4.78 is 13.4. The number of rotatable bonds is 7. The maximum atomic E-state index is 6.01. The first-order valence-corrected chi connectivity index (χ1v) is 9.17. The number of likely N-dealkylation sites (tertiary alicyclic amines) is 1. The summed E-state index contributed by atoms with van der Waals surface area (Å²) in [6.45, 7) is 4.19. The van der Waals surface area contributed by atoms with Crippen LogP contribution in [0, 0.1) is 0 Å². The highest BCUT2D eigenvalue weighted by Crippen LogP contribution is 2.29. The van der Waals surface area contributed by atoms with E-state index in [1.807, 2.05) is 35.0 Å². The van der Waals surface area contributed by atoms with E-state index < -0.39 is 0 Å². The molecular weight excluding hydrogens is 328 g/mol. The van der Waals surface area contributed by atoms with Crippen molar-refractivity contribution in [3.05, 3.63) is 42.9 Å². The quantitative estimate of drug-likeness (QED) is 0.611. The van der Waals surface area contributed by atoms with E-state index in [1.54, 1.807) is 19.5 Å². The Morgan fingerprint density at radius 3 is 2.85 bits per heavy atom. The second-order valence-corrected chi connectivity index (χ2v) is 6.55. The molecule has 1 saturated heterocycles. The molecule has 4 heterocycles. The summed E-state index contributed by atoms with van der Waals surface area (Å²) in [5.41, 5.74) is 0.880. The summed E-state index contributed by atoms with van der Waals surface area (Å²) in [7, 11) is 1.64. The van der Waals surface area contributed by atoms with Crippen LogP contribution in [0.25, 0.3) is 16.9 Å². The molecule has 0 aliphatic carbocycles. The van der Waals surface area contributed by atoms with Crippen LogP contribution < -0.4 is 9.47 Å². The third-order valence-corrected chi connectivity index (χ3v) is 4.81. The van der Waals surface area contributed by atoms with Gasteiger partial charge in [-0.2, -0.15) is 0 Å². The highest BCUT2D eigenvalue weighted by atomic mass is 16.5. The van der Waals surface area contributed by atoms with Crippen molar-refractivity contribution in [3.8, 4) is 17.3 Å². The minimum Gasteiger partial charge on any atom is -0.491 e. The highest BCUT2D eigenvalue weighted by Gasteiger charge is 2.13. The summed E-state index contributed by atoms with van der Waals surface area (Å²) in [5, 5.41) is 1.08. The molecule has 0 amide bonds. The van der Waals surface area contributed by atoms with Crippen LogP contribution in [-0.4, -0.2) is 52.8 Å². The van der Waals surface area contributed by atoms with Crippen molar-refractivity contribution in [3.63, 3.8) is 0 Å². The Labute approximate surface area is 153 Å². The summed E-state index contributed by atoms with van der Waals surface area (Å²) in [6, 6.07) is 7.93. The minimum atomic E-state index is 0.652. The van der Waals surface area contributed by atoms with Crippen molar-refractivity contribution in [1.29, 1.82) is 0 Å². The van der Waals surface area contributed by atoms with Gasteiger partial charge in [0.15, 0.2) is 11.5 Å². The molecule has 4 rings (SSSR count). The Morgan fingerprint density at radius 2 is 2.00 bits per heavy atom. The Bertz CT molecular complexity index is 871. The first-order chi connectivity index (χ1) is 12.8. The zero-order valence-corrected chi connectivity index (χ0v) is 15.1. The van der Waals surface area contributed by atoms with Crippen molar-refractivity contribution in [2.45, 2.75) is 19.3 Å². The summed E-state index contributed by atoms with van der Waals surface area (Å²) in [6.07, 6.45) is 9.12. The van der Waals surface area contributed by atoms with Crippen LogP contribution in [0.5, 0.6) is 11.5 Å². The van der Waals surface area contributed by atoms with Gasteiger partial charge in [-0.3, -0.25) is 4.57 Å². The lowest BCUT2D eigenvalue weighted by molar-refractivity contribution is 0.254. The van der Waals surface area contributed by atoms with Gasteiger partial charge in [0.05, 0.1) is 19.9 Å². The molecule has 1 aliphatic rings. The van der Waals surface area contributed by atoms with Crippen molar-refractivity contribution in [2.24, 2.45) is 0 Å². The molecule has 136 valence electrons. The molecule has 0 atom stereocenters. The van der Waals surface area contributed by atoms with Crippen LogP contribution in [0.4, 0.5) is 0 Å². The van der Waals surface area contributed by atoms with E-state index in [4.69, 9.17) is 9.47 Å². The molecule has 0 radical (unpaired) electrons. The van der Waals surface area contributed by atoms with Gasteiger partial charge in [-0.05, 0) is 50.6 Å². The molecule has 0 aromatic carbocycles. The van der Waals surface area contributed by atoms with Crippen LogP contribution >= 0.6 is 0 Å². The standard InChI is InChI=1S/C20H24N4O2/c1-25-18-15-22-19(24-12-7-16-6-4-8-21-20(16)24)14-17(18)26-13-5-11-23-9-2-3-10-23/h4,6-8,12,14-15H,2-3,5,9-11,13H2,1H3. The second kappa shape index (κ2) is 7.74. The number of nitrogens with zero attached hydrogens (tertiary/aromatic N) is 4. The molecule has 3 aromatic rings. The van der Waals surface area contributed by atoms with Gasteiger partial charge in [0.2, 0.25) is 0 Å². The first-order valence-electron chi connectivity index (χ1n) is 9.17. The molecule has 3 aromatic heterocycles. The van der Waals surface area contributed by atoms with Crippen molar-refractivity contribution in [1.82, 2.24) is 19.4 Å². The zero-order valence-electron chi connectivity index (χ0n) is 15.1. The molecule has 0 unspecified atom stereocenters. The van der Waals surface area contributed by atoms with Crippen molar-refractivity contribution >= 4 is 11.0 Å². The molecular formula is C20H24N4O2. The Hall–Kier alpha value is -2.60. The van der Waals surface area contributed by atoms with Crippen LogP contribution in [-0.2, 0) is 0 Å². The smallest absolute Gasteiger partial charge is 0.179 e. The number of pyridine rings is 2. The maximum Gasteiger partial charge on any atom is 0.179 e. The third kappa shape index (κ3) is 3.51. The van der Waals surface area contributed by atoms with E-state index in [0.29, 0.717) is 12.4 Å². The molecule has 0 spiro atoms. The lowest BCUT2D eigenvalue weighted by atomic mass is 10.3. The molecule has 0 saturated carbocycles. The number of ether oxygens (including phenoxy) is 2. The summed E-state index contributed by atoms with van der Waals surface area (Å²) in [4.78, 5) is 11.5. The average Bonchev–Trinajstić information content (AvgIpc) is 3.35. The third-order valence-electron chi connectivity index (χ3n) is 4.81. The fourth-order valence-corrected chi connectivity index (χ4v) is 3.44. The Balaban J connectivity index is 1.49. The molecule has 0 N–H and O–H groups in total.